The Hall–Kier alpha value is -1.93. The fourth-order valence-electron chi connectivity index (χ4n) is 2.97. The number of aliphatic hydroxyl groups is 1. The number of benzene rings is 1. The van der Waals surface area contributed by atoms with E-state index in [-0.39, 0.29) is 5.92 Å². The molecule has 1 aliphatic heterocycles. The van der Waals surface area contributed by atoms with E-state index in [1.165, 1.54) is 0 Å². The number of halogens is 3. The summed E-state index contributed by atoms with van der Waals surface area (Å²) < 4.78 is 37.5. The lowest BCUT2D eigenvalue weighted by atomic mass is 9.97. The summed E-state index contributed by atoms with van der Waals surface area (Å²) in [4.78, 5) is 6.12. The van der Waals surface area contributed by atoms with Crippen LogP contribution < -0.4 is 0 Å². The molecule has 0 bridgehead atoms. The van der Waals surface area contributed by atoms with Gasteiger partial charge < -0.3 is 5.11 Å². The number of alkyl halides is 3. The zero-order valence-electron chi connectivity index (χ0n) is 13.0. The van der Waals surface area contributed by atoms with Crippen molar-refractivity contribution < 1.29 is 18.3 Å². The highest BCUT2D eigenvalue weighted by atomic mass is 19.4. The largest absolute Gasteiger partial charge is 0.415 e. The van der Waals surface area contributed by atoms with Crippen LogP contribution in [0, 0.1) is 0 Å². The van der Waals surface area contributed by atoms with Crippen molar-refractivity contribution in [1.29, 1.82) is 0 Å². The summed E-state index contributed by atoms with van der Waals surface area (Å²) in [5, 5.41) is 16.4. The number of likely N-dealkylation sites (tertiary alicyclic amines) is 1. The second-order valence-corrected chi connectivity index (χ2v) is 6.07. The summed E-state index contributed by atoms with van der Waals surface area (Å²) in [6.07, 6.45) is -5.30. The molecule has 2 aromatic rings. The lowest BCUT2D eigenvalue weighted by Crippen LogP contribution is -2.44. The Labute approximate surface area is 137 Å². The Morgan fingerprint density at radius 1 is 1.29 bits per heavy atom. The van der Waals surface area contributed by atoms with Crippen molar-refractivity contribution in [3.8, 4) is 11.4 Å². The number of hydrogen-bond donors (Lipinski definition) is 2. The quantitative estimate of drug-likeness (QED) is 0.898. The molecule has 0 spiro atoms. The van der Waals surface area contributed by atoms with Crippen LogP contribution in [-0.2, 0) is 0 Å². The lowest BCUT2D eigenvalue weighted by Gasteiger charge is -2.33. The Kier molecular flexibility index (Phi) is 4.86. The van der Waals surface area contributed by atoms with E-state index in [2.05, 4.69) is 15.2 Å². The maximum atomic E-state index is 12.5. The average molecular weight is 340 g/mol. The summed E-state index contributed by atoms with van der Waals surface area (Å²) in [6.45, 7) is 0.569. The zero-order chi connectivity index (χ0) is 17.2. The van der Waals surface area contributed by atoms with Gasteiger partial charge in [-0.05, 0) is 19.4 Å². The van der Waals surface area contributed by atoms with E-state index in [1.807, 2.05) is 30.3 Å². The average Bonchev–Trinajstić information content (AvgIpc) is 3.05. The topological polar surface area (TPSA) is 65.0 Å². The molecule has 8 heteroatoms. The van der Waals surface area contributed by atoms with Crippen LogP contribution in [0.2, 0.25) is 0 Å². The summed E-state index contributed by atoms with van der Waals surface area (Å²) in [5.41, 5.74) is 0.889. The molecule has 3 rings (SSSR count). The van der Waals surface area contributed by atoms with Crippen LogP contribution in [0.1, 0.15) is 24.6 Å². The molecular formula is C16H19F3N4O. The SMILES string of the molecule is O[C@@H](CN1CCC[C@@H](c2nc(-c3ccccc3)n[nH]2)C1)C(F)(F)F. The van der Waals surface area contributed by atoms with Crippen molar-refractivity contribution in [2.75, 3.05) is 19.6 Å². The van der Waals surface area contributed by atoms with E-state index in [4.69, 9.17) is 0 Å². The first-order valence-corrected chi connectivity index (χ1v) is 7.88. The number of nitrogens with one attached hydrogen (secondary N) is 1. The number of nitrogens with zero attached hydrogens (tertiary/aromatic N) is 3. The van der Waals surface area contributed by atoms with Gasteiger partial charge in [-0.2, -0.15) is 18.3 Å². The molecule has 1 saturated heterocycles. The molecule has 2 atom stereocenters. The van der Waals surface area contributed by atoms with Gasteiger partial charge in [0.2, 0.25) is 0 Å². The highest BCUT2D eigenvalue weighted by Gasteiger charge is 2.40. The van der Waals surface area contributed by atoms with Crippen LogP contribution in [0.5, 0.6) is 0 Å². The van der Waals surface area contributed by atoms with Gasteiger partial charge in [0.25, 0.3) is 0 Å². The molecule has 24 heavy (non-hydrogen) atoms. The molecule has 2 N–H and O–H groups in total. The van der Waals surface area contributed by atoms with E-state index in [9.17, 15) is 18.3 Å². The van der Waals surface area contributed by atoms with Gasteiger partial charge >= 0.3 is 6.18 Å². The zero-order valence-corrected chi connectivity index (χ0v) is 13.0. The number of rotatable bonds is 4. The van der Waals surface area contributed by atoms with Gasteiger partial charge in [0.15, 0.2) is 11.9 Å². The maximum absolute atomic E-state index is 12.5. The fourth-order valence-corrected chi connectivity index (χ4v) is 2.97. The van der Waals surface area contributed by atoms with Crippen LogP contribution in [0.25, 0.3) is 11.4 Å². The van der Waals surface area contributed by atoms with E-state index < -0.39 is 18.8 Å². The van der Waals surface area contributed by atoms with Gasteiger partial charge in [0.05, 0.1) is 0 Å². The molecule has 1 aliphatic rings. The summed E-state index contributed by atoms with van der Waals surface area (Å²) in [7, 11) is 0. The van der Waals surface area contributed by atoms with Gasteiger partial charge in [-0.25, -0.2) is 4.98 Å². The molecule has 0 amide bonds. The first-order chi connectivity index (χ1) is 11.4. The minimum absolute atomic E-state index is 0.0101. The monoisotopic (exact) mass is 340 g/mol. The maximum Gasteiger partial charge on any atom is 0.415 e. The second-order valence-electron chi connectivity index (χ2n) is 6.07. The summed E-state index contributed by atoms with van der Waals surface area (Å²) >= 11 is 0. The van der Waals surface area contributed by atoms with Crippen molar-refractivity contribution in [3.05, 3.63) is 36.2 Å². The number of hydrogen-bond acceptors (Lipinski definition) is 4. The standard InChI is InChI=1S/C16H19F3N4O/c17-16(18,19)13(24)10-23-8-4-7-12(9-23)15-20-14(21-22-15)11-5-2-1-3-6-11/h1-3,5-6,12-13,24H,4,7-10H2,(H,20,21,22)/t12-,13+/m1/s1. The van der Waals surface area contributed by atoms with Gasteiger partial charge in [-0.3, -0.25) is 10.00 Å². The van der Waals surface area contributed by atoms with E-state index in [0.717, 1.165) is 18.4 Å². The predicted molar refractivity (Wildman–Crippen MR) is 82.3 cm³/mol. The number of H-pyrrole nitrogens is 1. The molecule has 130 valence electrons. The second kappa shape index (κ2) is 6.90. The first-order valence-electron chi connectivity index (χ1n) is 7.88. The molecule has 1 aromatic carbocycles. The molecular weight excluding hydrogens is 321 g/mol. The number of β-amino-alcohol motifs (C(OH)–C–C–N with tert-alkyl or cyclic N) is 1. The Morgan fingerprint density at radius 3 is 2.75 bits per heavy atom. The molecule has 0 radical (unpaired) electrons. The van der Waals surface area contributed by atoms with Crippen molar-refractivity contribution >= 4 is 0 Å². The number of aromatic amines is 1. The first kappa shape index (κ1) is 16.9. The number of aliphatic hydroxyl groups excluding tert-OH is 1. The minimum Gasteiger partial charge on any atom is -0.382 e. The van der Waals surface area contributed by atoms with Crippen molar-refractivity contribution in [2.24, 2.45) is 0 Å². The Morgan fingerprint density at radius 2 is 2.04 bits per heavy atom. The normalized spacial score (nSPS) is 20.9. The molecule has 1 fully saturated rings. The van der Waals surface area contributed by atoms with Crippen LogP contribution in [0.4, 0.5) is 13.2 Å². The molecule has 0 saturated carbocycles. The van der Waals surface area contributed by atoms with Crippen LogP contribution in [-0.4, -0.2) is 57.1 Å². The number of aromatic nitrogens is 3. The highest BCUT2D eigenvalue weighted by molar-refractivity contribution is 5.53. The molecule has 2 heterocycles. The lowest BCUT2D eigenvalue weighted by molar-refractivity contribution is -0.208. The van der Waals surface area contributed by atoms with Crippen LogP contribution in [0.15, 0.2) is 30.3 Å². The molecule has 0 aliphatic carbocycles. The third kappa shape index (κ3) is 3.93. The smallest absolute Gasteiger partial charge is 0.382 e. The van der Waals surface area contributed by atoms with Crippen LogP contribution >= 0.6 is 0 Å². The number of piperidine rings is 1. The fraction of sp³-hybridized carbons (Fsp3) is 0.500. The van der Waals surface area contributed by atoms with Gasteiger partial charge in [-0.15, -0.1) is 0 Å². The third-order valence-electron chi connectivity index (χ3n) is 4.24. The predicted octanol–water partition coefficient (Wildman–Crippen LogP) is 2.57. The summed E-state index contributed by atoms with van der Waals surface area (Å²) in [5.74, 6) is 1.25. The van der Waals surface area contributed by atoms with E-state index in [0.29, 0.717) is 24.7 Å². The molecule has 5 nitrogen and oxygen atoms in total. The third-order valence-corrected chi connectivity index (χ3v) is 4.24. The van der Waals surface area contributed by atoms with E-state index >= 15 is 0 Å². The Balaban J connectivity index is 1.66. The van der Waals surface area contributed by atoms with E-state index in [1.54, 1.807) is 4.90 Å². The van der Waals surface area contributed by atoms with Gasteiger partial charge in [0.1, 0.15) is 5.82 Å². The molecule has 0 unspecified atom stereocenters. The van der Waals surface area contributed by atoms with Crippen molar-refractivity contribution in [3.63, 3.8) is 0 Å². The van der Waals surface area contributed by atoms with Crippen LogP contribution in [0.3, 0.4) is 0 Å². The minimum atomic E-state index is -4.58. The van der Waals surface area contributed by atoms with Crippen molar-refractivity contribution in [2.45, 2.75) is 31.0 Å². The van der Waals surface area contributed by atoms with Gasteiger partial charge in [-0.1, -0.05) is 30.3 Å². The molecule has 1 aromatic heterocycles. The highest BCUT2D eigenvalue weighted by Crippen LogP contribution is 2.28. The van der Waals surface area contributed by atoms with Crippen molar-refractivity contribution in [1.82, 2.24) is 20.1 Å². The Bertz CT molecular complexity index is 659. The van der Waals surface area contributed by atoms with Gasteiger partial charge in [0, 0.05) is 24.6 Å². The summed E-state index contributed by atoms with van der Waals surface area (Å²) in [6, 6.07) is 9.50.